The molecule has 2 aromatic carbocycles. The van der Waals surface area contributed by atoms with Crippen molar-refractivity contribution < 1.29 is 4.79 Å². The predicted octanol–water partition coefficient (Wildman–Crippen LogP) is 5.38. The maximum absolute atomic E-state index is 13.1. The Hall–Kier alpha value is -2.45. The van der Waals surface area contributed by atoms with E-state index in [0.717, 1.165) is 35.1 Å². The molecule has 0 amide bonds. The van der Waals surface area contributed by atoms with Gasteiger partial charge in [0, 0.05) is 21.6 Å². The first-order valence-corrected chi connectivity index (χ1v) is 8.67. The summed E-state index contributed by atoms with van der Waals surface area (Å²) >= 11 is 1.69. The van der Waals surface area contributed by atoms with E-state index in [2.05, 4.69) is 29.6 Å². The number of rotatable bonds is 2. The van der Waals surface area contributed by atoms with Crippen LogP contribution in [0.5, 0.6) is 0 Å². The molecule has 3 aromatic rings. The first kappa shape index (κ1) is 14.2. The molecule has 1 aliphatic carbocycles. The van der Waals surface area contributed by atoms with Gasteiger partial charge in [-0.1, -0.05) is 60.7 Å². The van der Waals surface area contributed by atoms with Crippen LogP contribution in [0, 0.1) is 0 Å². The van der Waals surface area contributed by atoms with E-state index in [4.69, 9.17) is 0 Å². The van der Waals surface area contributed by atoms with Crippen molar-refractivity contribution in [1.29, 1.82) is 0 Å². The van der Waals surface area contributed by atoms with Crippen molar-refractivity contribution in [3.8, 4) is 0 Å². The average Bonchev–Trinajstić information content (AvgIpc) is 3.13. The van der Waals surface area contributed by atoms with Gasteiger partial charge in [0.1, 0.15) is 0 Å². The van der Waals surface area contributed by atoms with Crippen molar-refractivity contribution in [2.24, 2.45) is 0 Å². The summed E-state index contributed by atoms with van der Waals surface area (Å²) in [7, 11) is 0. The molecule has 1 heterocycles. The zero-order valence-corrected chi connectivity index (χ0v) is 13.5. The van der Waals surface area contributed by atoms with Gasteiger partial charge in [-0.2, -0.15) is 0 Å². The van der Waals surface area contributed by atoms with Crippen molar-refractivity contribution >= 4 is 22.7 Å². The Morgan fingerprint density at radius 1 is 0.826 bits per heavy atom. The van der Waals surface area contributed by atoms with Crippen molar-refractivity contribution in [2.45, 2.75) is 12.8 Å². The Kier molecular flexibility index (Phi) is 3.68. The van der Waals surface area contributed by atoms with E-state index < -0.39 is 0 Å². The number of thiophene rings is 1. The van der Waals surface area contributed by atoms with Crippen LogP contribution in [-0.4, -0.2) is 5.78 Å². The molecular weight excluding hydrogens is 300 g/mol. The summed E-state index contributed by atoms with van der Waals surface area (Å²) in [4.78, 5) is 14.2. The summed E-state index contributed by atoms with van der Waals surface area (Å²) in [5.74, 6) is 0.180. The quantitative estimate of drug-likeness (QED) is 0.580. The highest BCUT2D eigenvalue weighted by molar-refractivity contribution is 7.11. The maximum Gasteiger partial charge on any atom is 0.189 e. The van der Waals surface area contributed by atoms with E-state index in [0.29, 0.717) is 0 Å². The molecule has 0 unspecified atom stereocenters. The van der Waals surface area contributed by atoms with Crippen LogP contribution in [0.3, 0.4) is 0 Å². The van der Waals surface area contributed by atoms with E-state index in [9.17, 15) is 4.79 Å². The number of carbonyl (C=O) groups excluding carboxylic acids is 1. The lowest BCUT2D eigenvalue weighted by Gasteiger charge is -2.21. The Morgan fingerprint density at radius 2 is 1.61 bits per heavy atom. The fourth-order valence-corrected chi connectivity index (χ4v) is 4.04. The highest BCUT2D eigenvalue weighted by atomic mass is 32.1. The molecule has 23 heavy (non-hydrogen) atoms. The molecule has 4 rings (SSSR count). The summed E-state index contributed by atoms with van der Waals surface area (Å²) < 4.78 is 0. The Balaban J connectivity index is 1.93. The number of benzene rings is 2. The normalized spacial score (nSPS) is 16.1. The Labute approximate surface area is 139 Å². The lowest BCUT2D eigenvalue weighted by molar-refractivity contribution is 0.102. The second kappa shape index (κ2) is 5.98. The molecule has 112 valence electrons. The van der Waals surface area contributed by atoms with Gasteiger partial charge in [-0.3, -0.25) is 4.79 Å². The Morgan fingerprint density at radius 3 is 2.39 bits per heavy atom. The number of carbonyl (C=O) groups is 1. The number of fused-ring (bicyclic) bond motifs is 1. The second-order valence-corrected chi connectivity index (χ2v) is 6.63. The number of Topliss-reactive ketones (excluding diaryl/α,β-unsaturated/α-hetero) is 1. The van der Waals surface area contributed by atoms with Gasteiger partial charge < -0.3 is 0 Å². The van der Waals surface area contributed by atoms with Gasteiger partial charge in [0.05, 0.1) is 0 Å². The molecule has 0 N–H and O–H groups in total. The minimum Gasteiger partial charge on any atom is -0.289 e. The number of allylic oxidation sites excluding steroid dienone is 1. The van der Waals surface area contributed by atoms with Gasteiger partial charge in [0.2, 0.25) is 0 Å². The highest BCUT2D eigenvalue weighted by Gasteiger charge is 2.25. The largest absolute Gasteiger partial charge is 0.289 e. The van der Waals surface area contributed by atoms with Gasteiger partial charge in [-0.05, 0) is 35.4 Å². The lowest BCUT2D eigenvalue weighted by atomic mass is 9.82. The molecule has 1 aromatic heterocycles. The van der Waals surface area contributed by atoms with E-state index in [-0.39, 0.29) is 5.78 Å². The summed E-state index contributed by atoms with van der Waals surface area (Å²) in [5, 5.41) is 2.07. The molecule has 0 saturated carbocycles. The van der Waals surface area contributed by atoms with Crippen molar-refractivity contribution in [2.75, 3.05) is 0 Å². The van der Waals surface area contributed by atoms with E-state index >= 15 is 0 Å². The fourth-order valence-electron chi connectivity index (χ4n) is 3.22. The molecule has 0 radical (unpaired) electrons. The van der Waals surface area contributed by atoms with Crippen molar-refractivity contribution in [3.05, 3.63) is 99.3 Å². The van der Waals surface area contributed by atoms with Crippen molar-refractivity contribution in [3.63, 3.8) is 0 Å². The molecule has 0 fully saturated rings. The minimum absolute atomic E-state index is 0.180. The summed E-state index contributed by atoms with van der Waals surface area (Å²) in [6.45, 7) is 0. The molecule has 2 heteroatoms. The monoisotopic (exact) mass is 316 g/mol. The zero-order chi connectivity index (χ0) is 15.6. The smallest absolute Gasteiger partial charge is 0.189 e. The summed E-state index contributed by atoms with van der Waals surface area (Å²) in [6.07, 6.45) is 1.73. The van der Waals surface area contributed by atoms with Crippen LogP contribution < -0.4 is 0 Å². The third-order valence-corrected chi connectivity index (χ3v) is 5.20. The third kappa shape index (κ3) is 2.55. The molecule has 0 bridgehead atoms. The van der Waals surface area contributed by atoms with Crippen LogP contribution in [0.4, 0.5) is 0 Å². The van der Waals surface area contributed by atoms with Crippen LogP contribution in [0.1, 0.15) is 32.8 Å². The SMILES string of the molecule is O=C1/C(=C(\c2ccccc2)c2cccs2)CCc2ccccc21. The number of ketones is 1. The fraction of sp³-hybridized carbons (Fsp3) is 0.0952. The minimum atomic E-state index is 0.180. The third-order valence-electron chi connectivity index (χ3n) is 4.31. The van der Waals surface area contributed by atoms with Crippen molar-refractivity contribution in [1.82, 2.24) is 0 Å². The van der Waals surface area contributed by atoms with E-state index in [1.165, 1.54) is 10.4 Å². The standard InChI is InChI=1S/C21H16OS/c22-21-17-10-5-4-7-15(17)12-13-18(21)20(19-11-6-14-23-19)16-8-2-1-3-9-16/h1-11,14H,12-13H2/b20-18+. The molecular formula is C21H16OS. The van der Waals surface area contributed by atoms with Crippen LogP contribution >= 0.6 is 11.3 Å². The average molecular weight is 316 g/mol. The molecule has 1 aliphatic rings. The van der Waals surface area contributed by atoms with Crippen LogP contribution in [0.25, 0.3) is 5.57 Å². The van der Waals surface area contributed by atoms with Crippen LogP contribution in [0.2, 0.25) is 0 Å². The summed E-state index contributed by atoms with van der Waals surface area (Å²) in [6, 6.07) is 22.4. The number of hydrogen-bond donors (Lipinski definition) is 0. The van der Waals surface area contributed by atoms with Gasteiger partial charge in [0.25, 0.3) is 0 Å². The molecule has 0 spiro atoms. The Bertz CT molecular complexity index is 873. The highest BCUT2D eigenvalue weighted by Crippen LogP contribution is 2.36. The topological polar surface area (TPSA) is 17.1 Å². The second-order valence-electron chi connectivity index (χ2n) is 5.68. The first-order valence-electron chi connectivity index (χ1n) is 7.79. The van der Waals surface area contributed by atoms with E-state index in [1.54, 1.807) is 11.3 Å². The predicted molar refractivity (Wildman–Crippen MR) is 95.9 cm³/mol. The first-order chi connectivity index (χ1) is 11.3. The van der Waals surface area contributed by atoms with Crippen LogP contribution in [0.15, 0.2) is 77.7 Å². The number of hydrogen-bond acceptors (Lipinski definition) is 2. The molecule has 0 saturated heterocycles. The van der Waals surface area contributed by atoms with Gasteiger partial charge in [-0.25, -0.2) is 0 Å². The van der Waals surface area contributed by atoms with E-state index in [1.807, 2.05) is 42.5 Å². The molecule has 0 aliphatic heterocycles. The zero-order valence-electron chi connectivity index (χ0n) is 12.7. The lowest BCUT2D eigenvalue weighted by Crippen LogP contribution is -2.15. The summed E-state index contributed by atoms with van der Waals surface area (Å²) in [5.41, 5.74) is 5.19. The molecule has 1 nitrogen and oxygen atoms in total. The van der Waals surface area contributed by atoms with Gasteiger partial charge in [-0.15, -0.1) is 11.3 Å². The van der Waals surface area contributed by atoms with Crippen LogP contribution in [-0.2, 0) is 6.42 Å². The molecule has 0 atom stereocenters. The maximum atomic E-state index is 13.1. The van der Waals surface area contributed by atoms with Gasteiger partial charge >= 0.3 is 0 Å². The number of aryl methyl sites for hydroxylation is 1. The van der Waals surface area contributed by atoms with Gasteiger partial charge in [0.15, 0.2) is 5.78 Å².